The summed E-state index contributed by atoms with van der Waals surface area (Å²) < 4.78 is 5.49. The van der Waals surface area contributed by atoms with Crippen LogP contribution in [0, 0.1) is 5.92 Å². The highest BCUT2D eigenvalue weighted by Gasteiger charge is 2.43. The van der Waals surface area contributed by atoms with Gasteiger partial charge in [0.05, 0.1) is 18.6 Å². The van der Waals surface area contributed by atoms with Crippen molar-refractivity contribution in [2.45, 2.75) is 64.0 Å². The Bertz CT molecular complexity index is 607. The first-order valence-electron chi connectivity index (χ1n) is 9.38. The molecule has 0 spiro atoms. The number of carboxylic acids is 1. The Morgan fingerprint density at radius 2 is 1.84 bits per heavy atom. The van der Waals surface area contributed by atoms with Crippen LogP contribution in [-0.4, -0.2) is 34.5 Å². The Hall–Kier alpha value is -2.04. The Morgan fingerprint density at radius 1 is 1.16 bits per heavy atom. The monoisotopic (exact) mass is 345 g/mol. The van der Waals surface area contributed by atoms with Crippen LogP contribution in [0.2, 0.25) is 0 Å². The lowest BCUT2D eigenvalue weighted by Crippen LogP contribution is -2.50. The van der Waals surface area contributed by atoms with E-state index in [0.717, 1.165) is 37.0 Å². The number of benzene rings is 1. The van der Waals surface area contributed by atoms with Gasteiger partial charge < -0.3 is 14.7 Å². The number of rotatable bonds is 5. The SMILES string of the molecule is CCOc1ccc([C@@H]2[C@H](C(=O)O)CCC(=O)N2C2CCCCC2)cc1. The molecule has 1 aromatic rings. The van der Waals surface area contributed by atoms with Crippen LogP contribution in [0.1, 0.15) is 63.5 Å². The molecule has 1 N–H and O–H groups in total. The van der Waals surface area contributed by atoms with E-state index < -0.39 is 11.9 Å². The maximum atomic E-state index is 12.7. The number of likely N-dealkylation sites (tertiary alicyclic amines) is 1. The van der Waals surface area contributed by atoms with Crippen LogP contribution in [0.15, 0.2) is 24.3 Å². The summed E-state index contributed by atoms with van der Waals surface area (Å²) in [4.78, 5) is 26.5. The quantitative estimate of drug-likeness (QED) is 0.882. The van der Waals surface area contributed by atoms with E-state index >= 15 is 0 Å². The molecule has 0 radical (unpaired) electrons. The number of hydrogen-bond donors (Lipinski definition) is 1. The van der Waals surface area contributed by atoms with E-state index in [0.29, 0.717) is 19.4 Å². The lowest BCUT2D eigenvalue weighted by Gasteiger charge is -2.45. The standard InChI is InChI=1S/C20H27NO4/c1-2-25-16-10-8-14(9-11-16)19-17(20(23)24)12-13-18(22)21(19)15-6-4-3-5-7-15/h8-11,15,17,19H,2-7,12-13H2,1H3,(H,23,24)/t17-,19-/m1/s1. The zero-order valence-corrected chi connectivity index (χ0v) is 14.8. The van der Waals surface area contributed by atoms with E-state index in [1.54, 1.807) is 0 Å². The maximum Gasteiger partial charge on any atom is 0.308 e. The molecule has 5 heteroatoms. The van der Waals surface area contributed by atoms with E-state index in [9.17, 15) is 14.7 Å². The summed E-state index contributed by atoms with van der Waals surface area (Å²) in [5.41, 5.74) is 0.898. The molecule has 1 saturated heterocycles. The Labute approximate surface area is 149 Å². The third-order valence-corrected chi connectivity index (χ3v) is 5.46. The van der Waals surface area contributed by atoms with Crippen molar-refractivity contribution in [2.75, 3.05) is 6.61 Å². The van der Waals surface area contributed by atoms with Gasteiger partial charge in [-0.3, -0.25) is 9.59 Å². The van der Waals surface area contributed by atoms with Gasteiger partial charge in [0.15, 0.2) is 0 Å². The van der Waals surface area contributed by atoms with Crippen LogP contribution in [0.5, 0.6) is 5.75 Å². The summed E-state index contributed by atoms with van der Waals surface area (Å²) in [5, 5.41) is 9.75. The van der Waals surface area contributed by atoms with Crippen molar-refractivity contribution >= 4 is 11.9 Å². The molecule has 0 aromatic heterocycles. The largest absolute Gasteiger partial charge is 0.494 e. The van der Waals surface area contributed by atoms with Gasteiger partial charge in [-0.1, -0.05) is 31.4 Å². The van der Waals surface area contributed by atoms with Gasteiger partial charge in [0.1, 0.15) is 5.75 Å². The molecule has 5 nitrogen and oxygen atoms in total. The molecule has 1 aromatic carbocycles. The molecular weight excluding hydrogens is 318 g/mol. The number of amides is 1. The van der Waals surface area contributed by atoms with E-state index in [-0.39, 0.29) is 18.0 Å². The molecule has 136 valence electrons. The molecule has 25 heavy (non-hydrogen) atoms. The molecule has 1 aliphatic heterocycles. The summed E-state index contributed by atoms with van der Waals surface area (Å²) in [6, 6.07) is 7.36. The van der Waals surface area contributed by atoms with Crippen LogP contribution >= 0.6 is 0 Å². The second-order valence-electron chi connectivity index (χ2n) is 7.02. The smallest absolute Gasteiger partial charge is 0.308 e. The summed E-state index contributed by atoms with van der Waals surface area (Å²) in [6.07, 6.45) is 6.13. The predicted molar refractivity (Wildman–Crippen MR) is 94.4 cm³/mol. The van der Waals surface area contributed by atoms with Crippen molar-refractivity contribution in [1.82, 2.24) is 4.90 Å². The fraction of sp³-hybridized carbons (Fsp3) is 0.600. The molecular formula is C20H27NO4. The summed E-state index contributed by atoms with van der Waals surface area (Å²) in [7, 11) is 0. The van der Waals surface area contributed by atoms with Crippen molar-refractivity contribution in [3.05, 3.63) is 29.8 Å². The second kappa shape index (κ2) is 7.89. The Balaban J connectivity index is 1.94. The number of aliphatic carboxylic acids is 1. The minimum absolute atomic E-state index is 0.100. The zero-order chi connectivity index (χ0) is 17.8. The number of hydrogen-bond acceptors (Lipinski definition) is 3. The van der Waals surface area contributed by atoms with E-state index in [1.807, 2.05) is 36.1 Å². The molecule has 2 aliphatic rings. The van der Waals surface area contributed by atoms with Gasteiger partial charge in [0.25, 0.3) is 0 Å². The fourth-order valence-corrected chi connectivity index (χ4v) is 4.28. The van der Waals surface area contributed by atoms with Gasteiger partial charge in [-0.15, -0.1) is 0 Å². The molecule has 1 saturated carbocycles. The van der Waals surface area contributed by atoms with Crippen molar-refractivity contribution in [3.8, 4) is 5.75 Å². The first kappa shape index (κ1) is 17.8. The Kier molecular flexibility index (Phi) is 5.61. The van der Waals surface area contributed by atoms with Crippen molar-refractivity contribution in [1.29, 1.82) is 0 Å². The average molecular weight is 345 g/mol. The normalized spacial score (nSPS) is 25.0. The number of carbonyl (C=O) groups is 2. The number of piperidine rings is 1. The molecule has 1 amide bonds. The average Bonchev–Trinajstić information content (AvgIpc) is 2.63. The Morgan fingerprint density at radius 3 is 2.44 bits per heavy atom. The van der Waals surface area contributed by atoms with Crippen LogP contribution < -0.4 is 4.74 Å². The highest BCUT2D eigenvalue weighted by Crippen LogP contribution is 2.41. The van der Waals surface area contributed by atoms with Crippen molar-refractivity contribution < 1.29 is 19.4 Å². The summed E-state index contributed by atoms with van der Waals surface area (Å²) >= 11 is 0. The van der Waals surface area contributed by atoms with Crippen LogP contribution in [0.4, 0.5) is 0 Å². The van der Waals surface area contributed by atoms with Gasteiger partial charge in [0.2, 0.25) is 5.91 Å². The molecule has 1 heterocycles. The van der Waals surface area contributed by atoms with Crippen molar-refractivity contribution in [2.24, 2.45) is 5.92 Å². The van der Waals surface area contributed by atoms with Crippen LogP contribution in [-0.2, 0) is 9.59 Å². The van der Waals surface area contributed by atoms with Gasteiger partial charge in [0, 0.05) is 12.5 Å². The number of carboxylic acid groups (broad SMARTS) is 1. The molecule has 1 aliphatic carbocycles. The summed E-state index contributed by atoms with van der Waals surface area (Å²) in [6.45, 7) is 2.52. The van der Waals surface area contributed by atoms with Crippen molar-refractivity contribution in [3.63, 3.8) is 0 Å². The lowest BCUT2D eigenvalue weighted by molar-refractivity contribution is -0.154. The third kappa shape index (κ3) is 3.80. The van der Waals surface area contributed by atoms with Gasteiger partial charge in [-0.2, -0.15) is 0 Å². The second-order valence-corrected chi connectivity index (χ2v) is 7.02. The molecule has 2 atom stereocenters. The molecule has 0 bridgehead atoms. The fourth-order valence-electron chi connectivity index (χ4n) is 4.28. The first-order chi connectivity index (χ1) is 12.1. The molecule has 0 unspecified atom stereocenters. The number of carbonyl (C=O) groups excluding carboxylic acids is 1. The minimum Gasteiger partial charge on any atom is -0.494 e. The highest BCUT2D eigenvalue weighted by atomic mass is 16.5. The lowest BCUT2D eigenvalue weighted by atomic mass is 9.81. The van der Waals surface area contributed by atoms with Crippen LogP contribution in [0.3, 0.4) is 0 Å². The van der Waals surface area contributed by atoms with E-state index in [2.05, 4.69) is 0 Å². The summed E-state index contributed by atoms with van der Waals surface area (Å²) in [5.74, 6) is -0.488. The minimum atomic E-state index is -0.813. The first-order valence-corrected chi connectivity index (χ1v) is 9.38. The molecule has 2 fully saturated rings. The van der Waals surface area contributed by atoms with Gasteiger partial charge >= 0.3 is 5.97 Å². The number of nitrogens with zero attached hydrogens (tertiary/aromatic N) is 1. The van der Waals surface area contributed by atoms with Gasteiger partial charge in [-0.25, -0.2) is 0 Å². The predicted octanol–water partition coefficient (Wildman–Crippen LogP) is 3.78. The maximum absolute atomic E-state index is 12.7. The van der Waals surface area contributed by atoms with Crippen LogP contribution in [0.25, 0.3) is 0 Å². The van der Waals surface area contributed by atoms with Gasteiger partial charge in [-0.05, 0) is 43.9 Å². The van der Waals surface area contributed by atoms with E-state index in [1.165, 1.54) is 6.42 Å². The number of ether oxygens (including phenoxy) is 1. The van der Waals surface area contributed by atoms with E-state index in [4.69, 9.17) is 4.74 Å². The third-order valence-electron chi connectivity index (χ3n) is 5.46. The molecule has 3 rings (SSSR count). The zero-order valence-electron chi connectivity index (χ0n) is 14.8. The topological polar surface area (TPSA) is 66.8 Å². The highest BCUT2D eigenvalue weighted by molar-refractivity contribution is 5.82.